The molecule has 0 aliphatic rings. The van der Waals surface area contributed by atoms with E-state index in [1.165, 1.54) is 28.8 Å². The molecule has 3 aromatic carbocycles. The van der Waals surface area contributed by atoms with Crippen molar-refractivity contribution in [2.24, 2.45) is 0 Å². The Hall–Kier alpha value is -3.44. The second-order valence-corrected chi connectivity index (χ2v) is 8.68. The van der Waals surface area contributed by atoms with Crippen molar-refractivity contribution in [2.45, 2.75) is 12.1 Å². The van der Waals surface area contributed by atoms with Crippen molar-refractivity contribution < 1.29 is 15.1 Å². The lowest BCUT2D eigenvalue weighted by Crippen LogP contribution is -2.41. The minimum absolute atomic E-state index is 0.0790. The van der Waals surface area contributed by atoms with E-state index in [9.17, 15) is 25.1 Å². The summed E-state index contributed by atoms with van der Waals surface area (Å²) in [7, 11) is 0. The van der Waals surface area contributed by atoms with Gasteiger partial charge in [-0.1, -0.05) is 28.1 Å². The summed E-state index contributed by atoms with van der Waals surface area (Å²) < 4.78 is 2.37. The van der Waals surface area contributed by atoms with Crippen LogP contribution in [0.3, 0.4) is 0 Å². The zero-order chi connectivity index (χ0) is 24.3. The van der Waals surface area contributed by atoms with Gasteiger partial charge in [-0.15, -0.1) is 0 Å². The maximum absolute atomic E-state index is 13.3. The number of nitro groups is 1. The number of nitro benzene ring substituents is 1. The van der Waals surface area contributed by atoms with Crippen LogP contribution in [0.5, 0.6) is 0 Å². The fraction of sp³-hybridized carbons (Fsp3) is 0.167. The number of nitrogens with zero attached hydrogens (tertiary/aromatic N) is 3. The number of halogens is 1. The molecule has 0 saturated heterocycles. The normalized spacial score (nSPS) is 13.0. The summed E-state index contributed by atoms with van der Waals surface area (Å²) in [4.78, 5) is 28.3. The second-order valence-electron chi connectivity index (χ2n) is 7.76. The van der Waals surface area contributed by atoms with Crippen molar-refractivity contribution in [3.05, 3.63) is 109 Å². The molecule has 34 heavy (non-hydrogen) atoms. The number of fused-ring (bicyclic) bond motifs is 1. The van der Waals surface area contributed by atoms with Gasteiger partial charge in [-0.25, -0.2) is 4.98 Å². The van der Waals surface area contributed by atoms with Gasteiger partial charge in [-0.05, 0) is 54.1 Å². The number of nitrogens with one attached hydrogen (secondary N) is 1. The maximum atomic E-state index is 13.3. The highest BCUT2D eigenvalue weighted by molar-refractivity contribution is 9.10. The number of aromatic nitrogens is 2. The molecule has 0 aliphatic heterocycles. The summed E-state index contributed by atoms with van der Waals surface area (Å²) >= 11 is 3.40. The molecule has 0 bridgehead atoms. The van der Waals surface area contributed by atoms with Gasteiger partial charge in [-0.3, -0.25) is 19.5 Å². The van der Waals surface area contributed by atoms with Crippen LogP contribution in [0, 0.1) is 10.1 Å². The number of hydrogen-bond donors (Lipinski definition) is 3. The predicted octanol–water partition coefficient (Wildman–Crippen LogP) is 3.03. The SMILES string of the molecule is O=c1c2ccccc2nc(CNC[C@@](O)(CO)c2ccc([N+](=O)[O-])cc2)n1-c1ccc(Br)cc1. The van der Waals surface area contributed by atoms with Gasteiger partial charge in [0.2, 0.25) is 0 Å². The van der Waals surface area contributed by atoms with Gasteiger partial charge in [0.25, 0.3) is 11.2 Å². The summed E-state index contributed by atoms with van der Waals surface area (Å²) in [6.45, 7) is -0.571. The highest BCUT2D eigenvalue weighted by Gasteiger charge is 2.29. The third kappa shape index (κ3) is 4.75. The molecular weight excluding hydrogens is 504 g/mol. The fourth-order valence-electron chi connectivity index (χ4n) is 3.68. The molecule has 0 aliphatic carbocycles. The van der Waals surface area contributed by atoms with Crippen LogP contribution in [0.15, 0.2) is 82.1 Å². The molecule has 4 aromatic rings. The van der Waals surface area contributed by atoms with Crippen molar-refractivity contribution in [1.29, 1.82) is 0 Å². The lowest BCUT2D eigenvalue weighted by atomic mass is 9.94. The van der Waals surface area contributed by atoms with Gasteiger partial charge in [0, 0.05) is 23.2 Å². The summed E-state index contributed by atoms with van der Waals surface area (Å²) in [6.07, 6.45) is 0. The van der Waals surface area contributed by atoms with Gasteiger partial charge in [-0.2, -0.15) is 0 Å². The first-order valence-electron chi connectivity index (χ1n) is 10.4. The Morgan fingerprint density at radius 2 is 1.74 bits per heavy atom. The first-order valence-corrected chi connectivity index (χ1v) is 11.2. The Kier molecular flexibility index (Phi) is 6.85. The topological polar surface area (TPSA) is 131 Å². The van der Waals surface area contributed by atoms with E-state index in [0.29, 0.717) is 28.0 Å². The Balaban J connectivity index is 1.64. The van der Waals surface area contributed by atoms with E-state index >= 15 is 0 Å². The van der Waals surface area contributed by atoms with Crippen LogP contribution in [0.2, 0.25) is 0 Å². The fourth-order valence-corrected chi connectivity index (χ4v) is 3.94. The van der Waals surface area contributed by atoms with E-state index in [-0.39, 0.29) is 24.3 Å². The zero-order valence-corrected chi connectivity index (χ0v) is 19.5. The van der Waals surface area contributed by atoms with Gasteiger partial charge in [0.1, 0.15) is 11.4 Å². The third-order valence-electron chi connectivity index (χ3n) is 5.51. The van der Waals surface area contributed by atoms with Crippen molar-refractivity contribution in [3.8, 4) is 5.69 Å². The Morgan fingerprint density at radius 3 is 2.38 bits per heavy atom. The molecule has 10 heteroatoms. The van der Waals surface area contributed by atoms with Crippen LogP contribution in [-0.2, 0) is 12.1 Å². The highest BCUT2D eigenvalue weighted by Crippen LogP contribution is 2.23. The number of rotatable bonds is 8. The molecule has 0 amide bonds. The minimum Gasteiger partial charge on any atom is -0.393 e. The van der Waals surface area contributed by atoms with Crippen LogP contribution in [0.1, 0.15) is 11.4 Å². The van der Waals surface area contributed by atoms with Crippen molar-refractivity contribution in [3.63, 3.8) is 0 Å². The maximum Gasteiger partial charge on any atom is 0.269 e. The molecule has 0 unspecified atom stereocenters. The van der Waals surface area contributed by atoms with Crippen LogP contribution in [0.25, 0.3) is 16.6 Å². The van der Waals surface area contributed by atoms with Crippen LogP contribution in [0.4, 0.5) is 5.69 Å². The smallest absolute Gasteiger partial charge is 0.269 e. The highest BCUT2D eigenvalue weighted by atomic mass is 79.9. The van der Waals surface area contributed by atoms with Crippen LogP contribution < -0.4 is 10.9 Å². The van der Waals surface area contributed by atoms with E-state index < -0.39 is 17.1 Å². The van der Waals surface area contributed by atoms with Gasteiger partial charge in [0.15, 0.2) is 0 Å². The average molecular weight is 525 g/mol. The molecule has 1 heterocycles. The number of non-ortho nitro benzene ring substituents is 1. The molecule has 174 valence electrons. The molecule has 9 nitrogen and oxygen atoms in total. The quantitative estimate of drug-likeness (QED) is 0.238. The molecule has 0 spiro atoms. The molecule has 1 aromatic heterocycles. The summed E-state index contributed by atoms with van der Waals surface area (Å²) in [6, 6.07) is 19.7. The van der Waals surface area contributed by atoms with E-state index in [2.05, 4.69) is 26.2 Å². The number of benzene rings is 3. The van der Waals surface area contributed by atoms with Crippen LogP contribution in [-0.4, -0.2) is 37.8 Å². The first-order chi connectivity index (χ1) is 16.3. The van der Waals surface area contributed by atoms with Gasteiger partial charge >= 0.3 is 0 Å². The number of aliphatic hydroxyl groups excluding tert-OH is 1. The molecule has 0 radical (unpaired) electrons. The van der Waals surface area contributed by atoms with Crippen molar-refractivity contribution in [1.82, 2.24) is 14.9 Å². The van der Waals surface area contributed by atoms with Gasteiger partial charge in [0.05, 0.1) is 34.7 Å². The van der Waals surface area contributed by atoms with Crippen LogP contribution >= 0.6 is 15.9 Å². The predicted molar refractivity (Wildman–Crippen MR) is 131 cm³/mol. The number of aliphatic hydroxyl groups is 2. The summed E-state index contributed by atoms with van der Waals surface area (Å²) in [5, 5.41) is 35.3. The largest absolute Gasteiger partial charge is 0.393 e. The Bertz CT molecular complexity index is 1390. The van der Waals surface area contributed by atoms with Crippen molar-refractivity contribution in [2.75, 3.05) is 13.2 Å². The standard InChI is InChI=1S/C24H21BrN4O5/c25-17-7-11-18(12-8-17)28-22(27-21-4-2-1-3-20(21)23(28)31)13-26-14-24(32,15-30)16-5-9-19(10-6-16)29(33)34/h1-12,26,30,32H,13-15H2/t24-/m1/s1. The molecule has 1 atom stereocenters. The third-order valence-corrected chi connectivity index (χ3v) is 6.04. The lowest BCUT2D eigenvalue weighted by molar-refractivity contribution is -0.384. The van der Waals surface area contributed by atoms with E-state index in [1.807, 2.05) is 12.1 Å². The molecule has 0 saturated carbocycles. The Morgan fingerprint density at radius 1 is 1.06 bits per heavy atom. The van der Waals surface area contributed by atoms with E-state index in [1.54, 1.807) is 36.4 Å². The van der Waals surface area contributed by atoms with Gasteiger partial charge < -0.3 is 15.5 Å². The first kappa shape index (κ1) is 23.7. The molecule has 3 N–H and O–H groups in total. The molecular formula is C24H21BrN4O5. The average Bonchev–Trinajstić information content (AvgIpc) is 2.85. The zero-order valence-electron chi connectivity index (χ0n) is 17.9. The van der Waals surface area contributed by atoms with Crippen molar-refractivity contribution >= 4 is 32.5 Å². The number of para-hydroxylation sites is 1. The molecule has 4 rings (SSSR count). The molecule has 0 fully saturated rings. The lowest BCUT2D eigenvalue weighted by Gasteiger charge is -2.27. The monoisotopic (exact) mass is 524 g/mol. The van der Waals surface area contributed by atoms with E-state index in [4.69, 9.17) is 0 Å². The Labute approximate surface area is 202 Å². The summed E-state index contributed by atoms with van der Waals surface area (Å²) in [5.74, 6) is 0.426. The van der Waals surface area contributed by atoms with E-state index in [0.717, 1.165) is 4.47 Å². The summed E-state index contributed by atoms with van der Waals surface area (Å²) in [5.41, 5.74) is -0.519. The minimum atomic E-state index is -1.69. The second kappa shape index (κ2) is 9.82. The number of hydrogen-bond acceptors (Lipinski definition) is 7.